The van der Waals surface area contributed by atoms with Crippen LogP contribution < -0.4 is 0 Å². The number of carbonyl (C=O) groups is 1. The van der Waals surface area contributed by atoms with Crippen LogP contribution in [0.2, 0.25) is 0 Å². The Bertz CT molecular complexity index is 424. The number of thioether (sulfide) groups is 1. The van der Waals surface area contributed by atoms with Gasteiger partial charge in [0.1, 0.15) is 0 Å². The standard InChI is InChI=1S/C14H18BrNO2S/c15-12-1-3-13(4-2-12)19-8-6-14(18)16-7-5-11(9-16)10-17/h1-4,11,17H,5-10H2. The molecule has 1 atom stereocenters. The van der Waals surface area contributed by atoms with Crippen LogP contribution in [0.1, 0.15) is 12.8 Å². The number of halogens is 1. The van der Waals surface area contributed by atoms with Gasteiger partial charge in [0, 0.05) is 47.2 Å². The minimum absolute atomic E-state index is 0.192. The van der Waals surface area contributed by atoms with Crippen LogP contribution in [0.3, 0.4) is 0 Å². The lowest BCUT2D eigenvalue weighted by molar-refractivity contribution is -0.129. The number of hydrogen-bond donors (Lipinski definition) is 1. The van der Waals surface area contributed by atoms with Gasteiger partial charge in [0.15, 0.2) is 0 Å². The number of aliphatic hydroxyl groups is 1. The summed E-state index contributed by atoms with van der Waals surface area (Å²) in [5, 5.41) is 9.07. The molecule has 0 radical (unpaired) electrons. The quantitative estimate of drug-likeness (QED) is 0.835. The van der Waals surface area contributed by atoms with Crippen LogP contribution in [0.5, 0.6) is 0 Å². The van der Waals surface area contributed by atoms with Gasteiger partial charge in [-0.15, -0.1) is 11.8 Å². The fourth-order valence-electron chi connectivity index (χ4n) is 2.15. The molecule has 1 amide bonds. The Hall–Kier alpha value is -0.520. The molecule has 1 aliphatic rings. The lowest BCUT2D eigenvalue weighted by atomic mass is 10.1. The Morgan fingerprint density at radius 2 is 2.16 bits per heavy atom. The maximum Gasteiger partial charge on any atom is 0.223 e. The molecule has 1 heterocycles. The number of carbonyl (C=O) groups excluding carboxylic acids is 1. The van der Waals surface area contributed by atoms with Gasteiger partial charge in [0.05, 0.1) is 0 Å². The number of rotatable bonds is 5. The first kappa shape index (κ1) is 14.9. The van der Waals surface area contributed by atoms with E-state index in [2.05, 4.69) is 28.1 Å². The molecule has 0 saturated carbocycles. The predicted octanol–water partition coefficient (Wildman–Crippen LogP) is 2.77. The van der Waals surface area contributed by atoms with Gasteiger partial charge in [-0.2, -0.15) is 0 Å². The van der Waals surface area contributed by atoms with Crippen molar-refractivity contribution in [2.45, 2.75) is 17.7 Å². The number of hydrogen-bond acceptors (Lipinski definition) is 3. The second kappa shape index (κ2) is 7.31. The SMILES string of the molecule is O=C(CCSc1ccc(Br)cc1)N1CCC(CO)C1. The topological polar surface area (TPSA) is 40.5 Å². The molecule has 0 aromatic heterocycles. The average Bonchev–Trinajstić information content (AvgIpc) is 2.90. The highest BCUT2D eigenvalue weighted by molar-refractivity contribution is 9.10. The first-order chi connectivity index (χ1) is 9.19. The van der Waals surface area contributed by atoms with Gasteiger partial charge in [0.2, 0.25) is 5.91 Å². The van der Waals surface area contributed by atoms with Crippen LogP contribution in [0.4, 0.5) is 0 Å². The Balaban J connectivity index is 1.71. The third kappa shape index (κ3) is 4.51. The molecule has 1 aromatic rings. The summed E-state index contributed by atoms with van der Waals surface area (Å²) in [6.45, 7) is 1.71. The van der Waals surface area contributed by atoms with Crippen molar-refractivity contribution >= 4 is 33.6 Å². The molecule has 0 bridgehead atoms. The largest absolute Gasteiger partial charge is 0.396 e. The lowest BCUT2D eigenvalue weighted by Crippen LogP contribution is -2.29. The number of aliphatic hydroxyl groups excluding tert-OH is 1. The fourth-order valence-corrected chi connectivity index (χ4v) is 3.26. The first-order valence-corrected chi connectivity index (χ1v) is 8.24. The molecule has 1 aromatic carbocycles. The second-order valence-corrected chi connectivity index (χ2v) is 6.81. The van der Waals surface area contributed by atoms with Crippen molar-refractivity contribution in [2.75, 3.05) is 25.4 Å². The van der Waals surface area contributed by atoms with Gasteiger partial charge in [-0.3, -0.25) is 4.79 Å². The van der Waals surface area contributed by atoms with Crippen LogP contribution in [0, 0.1) is 5.92 Å². The summed E-state index contributed by atoms with van der Waals surface area (Å²) in [4.78, 5) is 15.0. The molecule has 3 nitrogen and oxygen atoms in total. The van der Waals surface area contributed by atoms with Crippen LogP contribution >= 0.6 is 27.7 Å². The molecule has 0 aliphatic carbocycles. The molecule has 1 N–H and O–H groups in total. The number of amides is 1. The monoisotopic (exact) mass is 343 g/mol. The molecular weight excluding hydrogens is 326 g/mol. The van der Waals surface area contributed by atoms with Gasteiger partial charge in [-0.05, 0) is 30.7 Å². The first-order valence-electron chi connectivity index (χ1n) is 6.46. The fraction of sp³-hybridized carbons (Fsp3) is 0.500. The van der Waals surface area contributed by atoms with Crippen molar-refractivity contribution in [2.24, 2.45) is 5.92 Å². The molecule has 104 valence electrons. The van der Waals surface area contributed by atoms with Crippen molar-refractivity contribution in [1.29, 1.82) is 0 Å². The Labute approximate surface area is 126 Å². The average molecular weight is 344 g/mol. The maximum absolute atomic E-state index is 12.0. The highest BCUT2D eigenvalue weighted by Gasteiger charge is 2.24. The Morgan fingerprint density at radius 1 is 1.42 bits per heavy atom. The molecule has 5 heteroatoms. The summed E-state index contributed by atoms with van der Waals surface area (Å²) < 4.78 is 1.07. The minimum atomic E-state index is 0.192. The van der Waals surface area contributed by atoms with Crippen LogP contribution in [-0.2, 0) is 4.79 Å². The zero-order valence-corrected chi connectivity index (χ0v) is 13.1. The van der Waals surface area contributed by atoms with Crippen molar-refractivity contribution in [3.63, 3.8) is 0 Å². The normalized spacial score (nSPS) is 18.8. The van der Waals surface area contributed by atoms with E-state index in [1.165, 1.54) is 4.90 Å². The second-order valence-electron chi connectivity index (χ2n) is 4.73. The molecule has 1 aliphatic heterocycles. The summed E-state index contributed by atoms with van der Waals surface area (Å²) in [5.74, 6) is 1.30. The molecule has 0 spiro atoms. The Morgan fingerprint density at radius 3 is 2.79 bits per heavy atom. The Kier molecular flexibility index (Phi) is 5.73. The van der Waals surface area contributed by atoms with E-state index >= 15 is 0 Å². The summed E-state index contributed by atoms with van der Waals surface area (Å²) in [6.07, 6.45) is 1.50. The van der Waals surface area contributed by atoms with Crippen LogP contribution in [0.15, 0.2) is 33.6 Å². The van der Waals surface area contributed by atoms with Gasteiger partial charge in [-0.25, -0.2) is 0 Å². The highest BCUT2D eigenvalue weighted by Crippen LogP contribution is 2.22. The van der Waals surface area contributed by atoms with Gasteiger partial charge < -0.3 is 10.0 Å². The molecule has 1 saturated heterocycles. The lowest BCUT2D eigenvalue weighted by Gasteiger charge is -2.15. The van der Waals surface area contributed by atoms with E-state index in [1.54, 1.807) is 11.8 Å². The van der Waals surface area contributed by atoms with E-state index in [1.807, 2.05) is 17.0 Å². The summed E-state index contributed by atoms with van der Waals surface area (Å²) >= 11 is 5.11. The minimum Gasteiger partial charge on any atom is -0.396 e. The number of likely N-dealkylation sites (tertiary alicyclic amines) is 1. The molecule has 1 fully saturated rings. The number of benzene rings is 1. The highest BCUT2D eigenvalue weighted by atomic mass is 79.9. The van der Waals surface area contributed by atoms with Gasteiger partial charge >= 0.3 is 0 Å². The maximum atomic E-state index is 12.0. The van der Waals surface area contributed by atoms with E-state index in [-0.39, 0.29) is 18.4 Å². The van der Waals surface area contributed by atoms with Crippen LogP contribution in [-0.4, -0.2) is 41.4 Å². The summed E-state index contributed by atoms with van der Waals surface area (Å²) in [5.41, 5.74) is 0. The zero-order valence-electron chi connectivity index (χ0n) is 10.7. The van der Waals surface area contributed by atoms with Crippen molar-refractivity contribution < 1.29 is 9.90 Å². The van der Waals surface area contributed by atoms with Crippen molar-refractivity contribution in [3.8, 4) is 0 Å². The molecular formula is C14H18BrNO2S. The summed E-state index contributed by atoms with van der Waals surface area (Å²) in [6, 6.07) is 8.13. The molecule has 19 heavy (non-hydrogen) atoms. The van der Waals surface area contributed by atoms with E-state index in [0.29, 0.717) is 6.42 Å². The van der Waals surface area contributed by atoms with E-state index in [9.17, 15) is 4.79 Å². The molecule has 2 rings (SSSR count). The third-order valence-corrected chi connectivity index (χ3v) is 4.84. The predicted molar refractivity (Wildman–Crippen MR) is 81.3 cm³/mol. The smallest absolute Gasteiger partial charge is 0.223 e. The summed E-state index contributed by atoms with van der Waals surface area (Å²) in [7, 11) is 0. The van der Waals surface area contributed by atoms with Crippen molar-refractivity contribution in [3.05, 3.63) is 28.7 Å². The van der Waals surface area contributed by atoms with E-state index in [0.717, 1.165) is 29.7 Å². The zero-order chi connectivity index (χ0) is 13.7. The third-order valence-electron chi connectivity index (χ3n) is 3.30. The molecule has 1 unspecified atom stereocenters. The van der Waals surface area contributed by atoms with Crippen LogP contribution in [0.25, 0.3) is 0 Å². The van der Waals surface area contributed by atoms with E-state index < -0.39 is 0 Å². The van der Waals surface area contributed by atoms with Gasteiger partial charge in [-0.1, -0.05) is 15.9 Å². The van der Waals surface area contributed by atoms with E-state index in [4.69, 9.17) is 5.11 Å². The van der Waals surface area contributed by atoms with Crippen molar-refractivity contribution in [1.82, 2.24) is 4.90 Å². The van der Waals surface area contributed by atoms with Gasteiger partial charge in [0.25, 0.3) is 0 Å². The number of nitrogens with zero attached hydrogens (tertiary/aromatic N) is 1.